The van der Waals surface area contributed by atoms with Crippen LogP contribution in [0.4, 0.5) is 0 Å². The van der Waals surface area contributed by atoms with Crippen molar-refractivity contribution in [2.75, 3.05) is 23.9 Å². The van der Waals surface area contributed by atoms with Gasteiger partial charge in [0.1, 0.15) is 0 Å². The molecule has 0 spiro atoms. The number of ether oxygens (including phenoxy) is 1. The van der Waals surface area contributed by atoms with E-state index in [1.807, 2.05) is 11.8 Å². The Kier molecular flexibility index (Phi) is 12.9. The molecule has 0 amide bonds. The average molecular weight is 372 g/mol. The number of esters is 1. The van der Waals surface area contributed by atoms with Crippen LogP contribution in [0.25, 0.3) is 0 Å². The van der Waals surface area contributed by atoms with Crippen molar-refractivity contribution in [2.45, 2.75) is 59.7 Å². The minimum absolute atomic E-state index is 0.194. The molecule has 8 heteroatoms. The molecule has 0 fully saturated rings. The Hall–Kier alpha value is 0.320. The molecule has 0 bridgehead atoms. The van der Waals surface area contributed by atoms with Crippen molar-refractivity contribution in [1.82, 2.24) is 0 Å². The minimum Gasteiger partial charge on any atom is -0.466 e. The van der Waals surface area contributed by atoms with Gasteiger partial charge in [0.2, 0.25) is 0 Å². The lowest BCUT2D eigenvalue weighted by atomic mass is 10.5. The molecule has 22 heavy (non-hydrogen) atoms. The van der Waals surface area contributed by atoms with Crippen molar-refractivity contribution in [1.29, 1.82) is 0 Å². The number of hydrogen-bond acceptors (Lipinski definition) is 7. The van der Waals surface area contributed by atoms with Gasteiger partial charge in [-0.05, 0) is 57.0 Å². The predicted molar refractivity (Wildman–Crippen MR) is 95.7 cm³/mol. The number of carbonyl (C=O) groups excluding carboxylic acids is 1. The maximum Gasteiger partial charge on any atom is 0.389 e. The van der Waals surface area contributed by atoms with Crippen molar-refractivity contribution in [3.8, 4) is 0 Å². The lowest BCUT2D eigenvalue weighted by Gasteiger charge is -2.21. The third-order valence-corrected chi connectivity index (χ3v) is 7.20. The summed E-state index contributed by atoms with van der Waals surface area (Å²) >= 11 is 2.89. The lowest BCUT2D eigenvalue weighted by Crippen LogP contribution is -2.09. The molecule has 0 aliphatic rings. The minimum atomic E-state index is -3.22. The Morgan fingerprint density at radius 2 is 1.68 bits per heavy atom. The van der Waals surface area contributed by atoms with Crippen molar-refractivity contribution in [3.05, 3.63) is 0 Å². The fourth-order valence-electron chi connectivity index (χ4n) is 1.41. The van der Waals surface area contributed by atoms with Gasteiger partial charge < -0.3 is 4.74 Å². The highest BCUT2D eigenvalue weighted by Gasteiger charge is 2.28. The Morgan fingerprint density at radius 3 is 2.18 bits per heavy atom. The van der Waals surface area contributed by atoms with Gasteiger partial charge in [-0.2, -0.15) is 11.8 Å². The summed E-state index contributed by atoms with van der Waals surface area (Å²) < 4.78 is 28.4. The topological polar surface area (TPSA) is 61.8 Å². The third-order valence-electron chi connectivity index (χ3n) is 2.14. The molecule has 132 valence electrons. The van der Waals surface area contributed by atoms with Crippen molar-refractivity contribution < 1.29 is 23.1 Å². The highest BCUT2D eigenvalue weighted by molar-refractivity contribution is 8.55. The van der Waals surface area contributed by atoms with Crippen LogP contribution < -0.4 is 0 Å². The molecule has 0 saturated heterocycles. The summed E-state index contributed by atoms with van der Waals surface area (Å²) in [6.45, 7) is 6.54. The summed E-state index contributed by atoms with van der Waals surface area (Å²) in [6.07, 6.45) is 0.682. The molecule has 0 aromatic carbocycles. The molecule has 0 radical (unpaired) electrons. The van der Waals surface area contributed by atoms with E-state index in [2.05, 4.69) is 6.92 Å². The van der Waals surface area contributed by atoms with Crippen LogP contribution in [-0.4, -0.2) is 42.0 Å². The van der Waals surface area contributed by atoms with E-state index in [1.54, 1.807) is 27.7 Å². The zero-order chi connectivity index (χ0) is 17.0. The van der Waals surface area contributed by atoms with Gasteiger partial charge in [-0.3, -0.25) is 13.8 Å². The summed E-state index contributed by atoms with van der Waals surface area (Å²) in [6, 6.07) is 0. The van der Waals surface area contributed by atoms with E-state index in [0.717, 1.165) is 29.3 Å². The van der Waals surface area contributed by atoms with E-state index in [0.29, 0.717) is 12.4 Å². The smallest absolute Gasteiger partial charge is 0.389 e. The second-order valence-electron chi connectivity index (χ2n) is 5.11. The van der Waals surface area contributed by atoms with Gasteiger partial charge in [-0.25, -0.2) is 4.57 Å². The number of carbonyl (C=O) groups is 1. The first kappa shape index (κ1) is 22.3. The molecule has 0 aliphatic carbocycles. The molecule has 0 aromatic heterocycles. The van der Waals surface area contributed by atoms with Crippen molar-refractivity contribution in [3.63, 3.8) is 0 Å². The zero-order valence-corrected chi connectivity index (χ0v) is 16.7. The molecular formula is C14H29O5PS2. The van der Waals surface area contributed by atoms with Crippen LogP contribution in [-0.2, 0) is 23.1 Å². The first-order valence-corrected chi connectivity index (χ1v) is 11.9. The standard InChI is InChI=1S/C14H29O5PS2/c1-6-21-10-7-9-17-14(15)8-11-22-20(16,18-12(2)3)19-13(4)5/h12-13H,6-11H2,1-5H3. The first-order chi connectivity index (χ1) is 10.3. The van der Waals surface area contributed by atoms with Gasteiger partial charge >= 0.3 is 12.8 Å². The summed E-state index contributed by atoms with van der Waals surface area (Å²) in [5.74, 6) is 2.16. The van der Waals surface area contributed by atoms with Crippen LogP contribution in [0.15, 0.2) is 0 Å². The van der Waals surface area contributed by atoms with Gasteiger partial charge in [0, 0.05) is 5.75 Å². The maximum atomic E-state index is 12.5. The number of rotatable bonds is 13. The number of hydrogen-bond donors (Lipinski definition) is 0. The van der Waals surface area contributed by atoms with Gasteiger partial charge in [0.15, 0.2) is 0 Å². The molecule has 0 aliphatic heterocycles. The summed E-state index contributed by atoms with van der Waals surface area (Å²) in [7, 11) is 0. The average Bonchev–Trinajstić information content (AvgIpc) is 2.36. The van der Waals surface area contributed by atoms with E-state index >= 15 is 0 Å². The molecule has 5 nitrogen and oxygen atoms in total. The normalized spacial score (nSPS) is 12.1. The van der Waals surface area contributed by atoms with Crippen LogP contribution in [0, 0.1) is 0 Å². The maximum absolute atomic E-state index is 12.5. The highest BCUT2D eigenvalue weighted by atomic mass is 32.7. The second kappa shape index (κ2) is 12.7. The molecule has 0 rings (SSSR count). The predicted octanol–water partition coefficient (Wildman–Crippen LogP) is 4.75. The molecule has 0 saturated carbocycles. The Bertz CT molecular complexity index is 336. The van der Waals surface area contributed by atoms with E-state index < -0.39 is 6.80 Å². The fourth-order valence-corrected chi connectivity index (χ4v) is 6.05. The van der Waals surface area contributed by atoms with Crippen molar-refractivity contribution in [2.24, 2.45) is 0 Å². The Balaban J connectivity index is 4.01. The van der Waals surface area contributed by atoms with E-state index in [-0.39, 0.29) is 24.6 Å². The monoisotopic (exact) mass is 372 g/mol. The Labute approximate surface area is 142 Å². The van der Waals surface area contributed by atoms with Gasteiger partial charge in [0.05, 0.1) is 25.2 Å². The molecule has 0 heterocycles. The van der Waals surface area contributed by atoms with Gasteiger partial charge in [0.25, 0.3) is 0 Å². The summed E-state index contributed by atoms with van der Waals surface area (Å²) in [5.41, 5.74) is 0. The first-order valence-electron chi connectivity index (χ1n) is 7.63. The van der Waals surface area contributed by atoms with Crippen LogP contribution in [0.2, 0.25) is 0 Å². The summed E-state index contributed by atoms with van der Waals surface area (Å²) in [4.78, 5) is 11.6. The van der Waals surface area contributed by atoms with Gasteiger partial charge in [-0.15, -0.1) is 0 Å². The Morgan fingerprint density at radius 1 is 1.09 bits per heavy atom. The van der Waals surface area contributed by atoms with E-state index in [1.165, 1.54) is 0 Å². The second-order valence-corrected chi connectivity index (χ2v) is 10.6. The fraction of sp³-hybridized carbons (Fsp3) is 0.929. The van der Waals surface area contributed by atoms with Crippen molar-refractivity contribution >= 4 is 35.9 Å². The molecule has 0 N–H and O–H groups in total. The highest BCUT2D eigenvalue weighted by Crippen LogP contribution is 2.62. The quantitative estimate of drug-likeness (QED) is 0.262. The van der Waals surface area contributed by atoms with Crippen LogP contribution in [0.3, 0.4) is 0 Å². The van der Waals surface area contributed by atoms with E-state index in [4.69, 9.17) is 13.8 Å². The molecule has 0 atom stereocenters. The molecular weight excluding hydrogens is 343 g/mol. The molecule has 0 unspecified atom stereocenters. The third kappa shape index (κ3) is 12.8. The summed E-state index contributed by atoms with van der Waals surface area (Å²) in [5, 5.41) is 0. The van der Waals surface area contributed by atoms with E-state index in [9.17, 15) is 9.36 Å². The largest absolute Gasteiger partial charge is 0.466 e. The molecule has 0 aromatic rings. The zero-order valence-electron chi connectivity index (χ0n) is 14.2. The van der Waals surface area contributed by atoms with Crippen LogP contribution in [0.1, 0.15) is 47.5 Å². The van der Waals surface area contributed by atoms with Gasteiger partial charge in [-0.1, -0.05) is 6.92 Å². The van der Waals surface area contributed by atoms with Crippen LogP contribution >= 0.6 is 29.9 Å². The SMILES string of the molecule is CCSCCCOC(=O)CCSP(=O)(OC(C)C)OC(C)C. The van der Waals surface area contributed by atoms with Crippen LogP contribution in [0.5, 0.6) is 0 Å². The lowest BCUT2D eigenvalue weighted by molar-refractivity contribution is -0.143. The number of thioether (sulfide) groups is 1.